The molecule has 0 aliphatic heterocycles. The van der Waals surface area contributed by atoms with Crippen molar-refractivity contribution in [2.75, 3.05) is 0 Å². The molecule has 0 aliphatic carbocycles. The maximum atomic E-state index is 11.1. The summed E-state index contributed by atoms with van der Waals surface area (Å²) >= 11 is 9.32. The standard InChI is InChI=1S/C13H8BrClO/c14-13-7-10(15)6-11(12(13)8-16)9-4-2-1-3-5-9/h1-8H. The summed E-state index contributed by atoms with van der Waals surface area (Å²) in [5.41, 5.74) is 2.44. The molecule has 0 bridgehead atoms. The van der Waals surface area contributed by atoms with Crippen LogP contribution in [-0.2, 0) is 0 Å². The van der Waals surface area contributed by atoms with Crippen LogP contribution >= 0.6 is 27.5 Å². The number of aldehydes is 1. The summed E-state index contributed by atoms with van der Waals surface area (Å²) in [6, 6.07) is 13.2. The highest BCUT2D eigenvalue weighted by Crippen LogP contribution is 2.31. The lowest BCUT2D eigenvalue weighted by molar-refractivity contribution is 0.112. The minimum absolute atomic E-state index is 0.608. The van der Waals surface area contributed by atoms with Crippen LogP contribution in [-0.4, -0.2) is 6.29 Å². The third-order valence-electron chi connectivity index (χ3n) is 2.30. The van der Waals surface area contributed by atoms with Gasteiger partial charge in [0.2, 0.25) is 0 Å². The van der Waals surface area contributed by atoms with Gasteiger partial charge in [0.25, 0.3) is 0 Å². The van der Waals surface area contributed by atoms with Gasteiger partial charge in [-0.15, -0.1) is 0 Å². The molecule has 1 nitrogen and oxygen atoms in total. The second kappa shape index (κ2) is 4.81. The van der Waals surface area contributed by atoms with Gasteiger partial charge in [0.1, 0.15) is 0 Å². The highest BCUT2D eigenvalue weighted by atomic mass is 79.9. The van der Waals surface area contributed by atoms with Crippen molar-refractivity contribution >= 4 is 33.8 Å². The molecule has 0 radical (unpaired) electrons. The minimum Gasteiger partial charge on any atom is -0.298 e. The van der Waals surface area contributed by atoms with Crippen molar-refractivity contribution in [3.63, 3.8) is 0 Å². The number of hydrogen-bond donors (Lipinski definition) is 0. The first-order valence-electron chi connectivity index (χ1n) is 4.72. The molecular weight excluding hydrogens is 287 g/mol. The van der Waals surface area contributed by atoms with Crippen LogP contribution < -0.4 is 0 Å². The lowest BCUT2D eigenvalue weighted by atomic mass is 10.0. The first-order chi connectivity index (χ1) is 7.72. The Morgan fingerprint density at radius 2 is 1.81 bits per heavy atom. The van der Waals surface area contributed by atoms with E-state index < -0.39 is 0 Å². The molecule has 0 aliphatic rings. The molecule has 0 N–H and O–H groups in total. The van der Waals surface area contributed by atoms with E-state index in [1.165, 1.54) is 0 Å². The second-order valence-corrected chi connectivity index (χ2v) is 4.62. The van der Waals surface area contributed by atoms with E-state index in [9.17, 15) is 4.79 Å². The van der Waals surface area contributed by atoms with Gasteiger partial charge in [-0.05, 0) is 39.2 Å². The predicted molar refractivity (Wildman–Crippen MR) is 70.0 cm³/mol. The fourth-order valence-electron chi connectivity index (χ4n) is 1.56. The van der Waals surface area contributed by atoms with E-state index in [0.717, 1.165) is 17.4 Å². The summed E-state index contributed by atoms with van der Waals surface area (Å²) in [4.78, 5) is 11.1. The van der Waals surface area contributed by atoms with Crippen molar-refractivity contribution in [3.05, 3.63) is 57.5 Å². The third kappa shape index (κ3) is 2.18. The molecule has 0 amide bonds. The molecule has 0 saturated carbocycles. The number of rotatable bonds is 2. The Hall–Kier alpha value is -1.12. The summed E-state index contributed by atoms with van der Waals surface area (Å²) in [5.74, 6) is 0. The zero-order chi connectivity index (χ0) is 11.5. The SMILES string of the molecule is O=Cc1c(Br)cc(Cl)cc1-c1ccccc1. The molecule has 2 aromatic rings. The molecule has 3 heteroatoms. The average Bonchev–Trinajstić information content (AvgIpc) is 2.29. The molecule has 0 aromatic heterocycles. The molecule has 16 heavy (non-hydrogen) atoms. The summed E-state index contributed by atoms with van der Waals surface area (Å²) in [5, 5.41) is 0.608. The first-order valence-corrected chi connectivity index (χ1v) is 5.89. The van der Waals surface area contributed by atoms with Gasteiger partial charge in [-0.25, -0.2) is 0 Å². The van der Waals surface area contributed by atoms with E-state index >= 15 is 0 Å². The largest absolute Gasteiger partial charge is 0.298 e. The van der Waals surface area contributed by atoms with Crippen LogP contribution in [0.4, 0.5) is 0 Å². The number of carbonyl (C=O) groups is 1. The molecular formula is C13H8BrClO. The van der Waals surface area contributed by atoms with Gasteiger partial charge in [-0.1, -0.05) is 41.9 Å². The third-order valence-corrected chi connectivity index (χ3v) is 3.17. The maximum Gasteiger partial charge on any atom is 0.151 e. The van der Waals surface area contributed by atoms with Crippen LogP contribution in [0.25, 0.3) is 11.1 Å². The topological polar surface area (TPSA) is 17.1 Å². The highest BCUT2D eigenvalue weighted by molar-refractivity contribution is 9.10. The molecule has 2 rings (SSSR count). The molecule has 0 saturated heterocycles. The van der Waals surface area contributed by atoms with E-state index in [2.05, 4.69) is 15.9 Å². The van der Waals surface area contributed by atoms with Crippen LogP contribution in [0.15, 0.2) is 46.9 Å². The van der Waals surface area contributed by atoms with Crippen LogP contribution in [0, 0.1) is 0 Å². The smallest absolute Gasteiger partial charge is 0.151 e. The normalized spacial score (nSPS) is 10.1. The predicted octanol–water partition coefficient (Wildman–Crippen LogP) is 4.58. The van der Waals surface area contributed by atoms with E-state index in [0.29, 0.717) is 15.1 Å². The molecule has 0 spiro atoms. The Kier molecular flexibility index (Phi) is 3.42. The fraction of sp³-hybridized carbons (Fsp3) is 0. The summed E-state index contributed by atoms with van der Waals surface area (Å²) < 4.78 is 0.717. The molecule has 0 unspecified atom stereocenters. The first kappa shape index (κ1) is 11.4. The molecule has 0 fully saturated rings. The fourth-order valence-corrected chi connectivity index (χ4v) is 2.46. The van der Waals surface area contributed by atoms with Gasteiger partial charge in [0.05, 0.1) is 0 Å². The van der Waals surface area contributed by atoms with Gasteiger partial charge in [-0.2, -0.15) is 0 Å². The van der Waals surface area contributed by atoms with Crippen LogP contribution in [0.2, 0.25) is 5.02 Å². The Morgan fingerprint density at radius 3 is 2.44 bits per heavy atom. The summed E-state index contributed by atoms with van der Waals surface area (Å²) in [6.07, 6.45) is 0.836. The van der Waals surface area contributed by atoms with Gasteiger partial charge >= 0.3 is 0 Å². The number of hydrogen-bond acceptors (Lipinski definition) is 1. The van der Waals surface area contributed by atoms with Crippen LogP contribution in [0.1, 0.15) is 10.4 Å². The monoisotopic (exact) mass is 294 g/mol. The lowest BCUT2D eigenvalue weighted by Gasteiger charge is -2.07. The quantitative estimate of drug-likeness (QED) is 0.741. The van der Waals surface area contributed by atoms with Crippen LogP contribution in [0.3, 0.4) is 0 Å². The number of benzene rings is 2. The van der Waals surface area contributed by atoms with Gasteiger partial charge in [0, 0.05) is 15.1 Å². The van der Waals surface area contributed by atoms with Gasteiger partial charge in [-0.3, -0.25) is 4.79 Å². The number of carbonyl (C=O) groups excluding carboxylic acids is 1. The van der Waals surface area contributed by atoms with Crippen molar-refractivity contribution in [1.82, 2.24) is 0 Å². The van der Waals surface area contributed by atoms with E-state index in [4.69, 9.17) is 11.6 Å². The zero-order valence-electron chi connectivity index (χ0n) is 8.28. The Labute approximate surface area is 107 Å². The van der Waals surface area contributed by atoms with Crippen molar-refractivity contribution in [2.45, 2.75) is 0 Å². The molecule has 80 valence electrons. The average molecular weight is 296 g/mol. The molecule has 0 atom stereocenters. The lowest BCUT2D eigenvalue weighted by Crippen LogP contribution is -1.89. The van der Waals surface area contributed by atoms with Crippen molar-refractivity contribution in [2.24, 2.45) is 0 Å². The Bertz CT molecular complexity index is 523. The van der Waals surface area contributed by atoms with Gasteiger partial charge < -0.3 is 0 Å². The van der Waals surface area contributed by atoms with Crippen molar-refractivity contribution < 1.29 is 4.79 Å². The van der Waals surface area contributed by atoms with Gasteiger partial charge in [0.15, 0.2) is 6.29 Å². The summed E-state index contributed by atoms with van der Waals surface area (Å²) in [7, 11) is 0. The van der Waals surface area contributed by atoms with E-state index in [-0.39, 0.29) is 0 Å². The second-order valence-electron chi connectivity index (χ2n) is 3.33. The molecule has 0 heterocycles. The molecule has 2 aromatic carbocycles. The maximum absolute atomic E-state index is 11.1. The summed E-state index contributed by atoms with van der Waals surface area (Å²) in [6.45, 7) is 0. The Balaban J connectivity index is 2.69. The number of halogens is 2. The zero-order valence-corrected chi connectivity index (χ0v) is 10.6. The Morgan fingerprint density at radius 1 is 1.12 bits per heavy atom. The minimum atomic E-state index is 0.608. The van der Waals surface area contributed by atoms with E-state index in [1.807, 2.05) is 30.3 Å². The van der Waals surface area contributed by atoms with Crippen molar-refractivity contribution in [3.8, 4) is 11.1 Å². The van der Waals surface area contributed by atoms with E-state index in [1.54, 1.807) is 12.1 Å². The van der Waals surface area contributed by atoms with Crippen molar-refractivity contribution in [1.29, 1.82) is 0 Å². The highest BCUT2D eigenvalue weighted by Gasteiger charge is 2.09. The van der Waals surface area contributed by atoms with Crippen LogP contribution in [0.5, 0.6) is 0 Å².